The summed E-state index contributed by atoms with van der Waals surface area (Å²) in [5.74, 6) is 0. The van der Waals surface area contributed by atoms with E-state index in [9.17, 15) is 0 Å². The summed E-state index contributed by atoms with van der Waals surface area (Å²) in [7, 11) is 1.92. The Kier molecular flexibility index (Phi) is 5.69. The molecule has 1 N–H and O–H groups in total. The van der Waals surface area contributed by atoms with Crippen LogP contribution in [0.4, 0.5) is 0 Å². The zero-order valence-electron chi connectivity index (χ0n) is 9.29. The van der Waals surface area contributed by atoms with Crippen LogP contribution in [0, 0.1) is 0 Å². The van der Waals surface area contributed by atoms with Gasteiger partial charge in [0.1, 0.15) is 0 Å². The molecule has 15 heavy (non-hydrogen) atoms. The second-order valence-corrected chi connectivity index (χ2v) is 3.85. The number of halogens is 1. The first-order valence-corrected chi connectivity index (χ1v) is 5.68. The zero-order chi connectivity index (χ0) is 11.1. The third kappa shape index (κ3) is 3.82. The molecule has 0 radical (unpaired) electrons. The largest absolute Gasteiger partial charge is 0.372 e. The van der Waals surface area contributed by atoms with Crippen molar-refractivity contribution >= 4 is 11.6 Å². The molecule has 0 saturated carbocycles. The average molecular weight is 228 g/mol. The molecule has 2 nitrogen and oxygen atoms in total. The SMILES string of the molecule is CCCOC(CNC)c1ccccc1Cl. The molecule has 1 unspecified atom stereocenters. The van der Waals surface area contributed by atoms with Gasteiger partial charge in [0.05, 0.1) is 6.10 Å². The average Bonchev–Trinajstić information content (AvgIpc) is 2.25. The Hall–Kier alpha value is -0.570. The standard InChI is InChI=1S/C12H18ClNO/c1-3-8-15-12(9-14-2)10-6-4-5-7-11(10)13/h4-7,12,14H,3,8-9H2,1-2H3. The van der Waals surface area contributed by atoms with Gasteiger partial charge in [0, 0.05) is 23.7 Å². The highest BCUT2D eigenvalue weighted by molar-refractivity contribution is 6.31. The van der Waals surface area contributed by atoms with Crippen LogP contribution < -0.4 is 5.32 Å². The molecule has 1 aromatic rings. The monoisotopic (exact) mass is 227 g/mol. The molecule has 0 aliphatic rings. The third-order valence-corrected chi connectivity index (χ3v) is 2.51. The Morgan fingerprint density at radius 3 is 2.73 bits per heavy atom. The van der Waals surface area contributed by atoms with Gasteiger partial charge in [-0.3, -0.25) is 0 Å². The van der Waals surface area contributed by atoms with Crippen molar-refractivity contribution in [3.8, 4) is 0 Å². The molecule has 0 fully saturated rings. The number of hydrogen-bond donors (Lipinski definition) is 1. The van der Waals surface area contributed by atoms with Gasteiger partial charge < -0.3 is 10.1 Å². The topological polar surface area (TPSA) is 21.3 Å². The number of likely N-dealkylation sites (N-methyl/N-ethyl adjacent to an activating group) is 1. The summed E-state index contributed by atoms with van der Waals surface area (Å²) in [5.41, 5.74) is 1.06. The molecule has 0 aromatic heterocycles. The zero-order valence-corrected chi connectivity index (χ0v) is 10.1. The van der Waals surface area contributed by atoms with E-state index in [2.05, 4.69) is 12.2 Å². The van der Waals surface area contributed by atoms with Crippen LogP contribution in [-0.4, -0.2) is 20.2 Å². The van der Waals surface area contributed by atoms with E-state index in [0.29, 0.717) is 0 Å². The van der Waals surface area contributed by atoms with E-state index < -0.39 is 0 Å². The van der Waals surface area contributed by atoms with Gasteiger partial charge in [0.15, 0.2) is 0 Å². The Bertz CT molecular complexity index is 291. The van der Waals surface area contributed by atoms with E-state index in [-0.39, 0.29) is 6.10 Å². The highest BCUT2D eigenvalue weighted by atomic mass is 35.5. The molecule has 1 aromatic carbocycles. The van der Waals surface area contributed by atoms with Gasteiger partial charge in [-0.2, -0.15) is 0 Å². The van der Waals surface area contributed by atoms with Crippen molar-refractivity contribution in [3.05, 3.63) is 34.9 Å². The maximum atomic E-state index is 6.13. The van der Waals surface area contributed by atoms with E-state index in [1.807, 2.05) is 31.3 Å². The molecule has 0 aliphatic heterocycles. The Morgan fingerprint density at radius 1 is 1.40 bits per heavy atom. The summed E-state index contributed by atoms with van der Waals surface area (Å²) < 4.78 is 5.75. The van der Waals surface area contributed by atoms with Crippen molar-refractivity contribution in [1.82, 2.24) is 5.32 Å². The summed E-state index contributed by atoms with van der Waals surface area (Å²) in [4.78, 5) is 0. The van der Waals surface area contributed by atoms with Crippen LogP contribution in [0.25, 0.3) is 0 Å². The Morgan fingerprint density at radius 2 is 2.13 bits per heavy atom. The lowest BCUT2D eigenvalue weighted by Crippen LogP contribution is -2.20. The fraction of sp³-hybridized carbons (Fsp3) is 0.500. The van der Waals surface area contributed by atoms with Crippen LogP contribution in [0.1, 0.15) is 25.0 Å². The summed E-state index contributed by atoms with van der Waals surface area (Å²) in [6.07, 6.45) is 1.06. The molecule has 3 heteroatoms. The molecule has 0 saturated heterocycles. The summed E-state index contributed by atoms with van der Waals surface area (Å²) in [6.45, 7) is 3.64. The first-order valence-electron chi connectivity index (χ1n) is 5.30. The summed E-state index contributed by atoms with van der Waals surface area (Å²) in [6, 6.07) is 7.83. The van der Waals surface area contributed by atoms with Crippen LogP contribution in [-0.2, 0) is 4.74 Å². The van der Waals surface area contributed by atoms with Crippen molar-refractivity contribution in [2.45, 2.75) is 19.4 Å². The minimum absolute atomic E-state index is 0.0450. The molecule has 0 aliphatic carbocycles. The number of rotatable bonds is 6. The number of ether oxygens (including phenoxy) is 1. The maximum Gasteiger partial charge on any atom is 0.0963 e. The fourth-order valence-corrected chi connectivity index (χ4v) is 1.70. The van der Waals surface area contributed by atoms with Crippen LogP contribution in [0.5, 0.6) is 0 Å². The molecular weight excluding hydrogens is 210 g/mol. The molecule has 0 spiro atoms. The van der Waals surface area contributed by atoms with Gasteiger partial charge in [-0.25, -0.2) is 0 Å². The van der Waals surface area contributed by atoms with E-state index in [1.165, 1.54) is 0 Å². The number of nitrogens with one attached hydrogen (secondary N) is 1. The lowest BCUT2D eigenvalue weighted by molar-refractivity contribution is 0.0544. The van der Waals surface area contributed by atoms with Gasteiger partial charge in [-0.05, 0) is 19.5 Å². The quantitative estimate of drug-likeness (QED) is 0.807. The minimum atomic E-state index is 0.0450. The highest BCUT2D eigenvalue weighted by Gasteiger charge is 2.13. The Balaban J connectivity index is 2.74. The van der Waals surface area contributed by atoms with Crippen molar-refractivity contribution in [3.63, 3.8) is 0 Å². The van der Waals surface area contributed by atoms with Gasteiger partial charge >= 0.3 is 0 Å². The molecule has 0 amide bonds. The Labute approximate surface area is 96.6 Å². The summed E-state index contributed by atoms with van der Waals surface area (Å²) >= 11 is 6.13. The van der Waals surface area contributed by atoms with Crippen LogP contribution in [0.15, 0.2) is 24.3 Å². The van der Waals surface area contributed by atoms with Crippen molar-refractivity contribution < 1.29 is 4.74 Å². The maximum absolute atomic E-state index is 6.13. The van der Waals surface area contributed by atoms with Gasteiger partial charge in [0.2, 0.25) is 0 Å². The normalized spacial score (nSPS) is 12.7. The molecule has 0 heterocycles. The lowest BCUT2D eigenvalue weighted by atomic mass is 10.1. The van der Waals surface area contributed by atoms with Crippen molar-refractivity contribution in [2.75, 3.05) is 20.2 Å². The van der Waals surface area contributed by atoms with Crippen molar-refractivity contribution in [1.29, 1.82) is 0 Å². The predicted octanol–water partition coefficient (Wildman–Crippen LogP) is 3.03. The first-order chi connectivity index (χ1) is 7.29. The lowest BCUT2D eigenvalue weighted by Gasteiger charge is -2.18. The summed E-state index contributed by atoms with van der Waals surface area (Å²) in [5, 5.41) is 3.89. The minimum Gasteiger partial charge on any atom is -0.372 e. The second kappa shape index (κ2) is 6.83. The predicted molar refractivity (Wildman–Crippen MR) is 64.4 cm³/mol. The first kappa shape index (κ1) is 12.5. The highest BCUT2D eigenvalue weighted by Crippen LogP contribution is 2.24. The number of benzene rings is 1. The number of hydrogen-bond acceptors (Lipinski definition) is 2. The molecular formula is C12H18ClNO. The van der Waals surface area contributed by atoms with E-state index in [0.717, 1.165) is 30.2 Å². The van der Waals surface area contributed by atoms with Gasteiger partial charge in [-0.1, -0.05) is 36.7 Å². The van der Waals surface area contributed by atoms with Crippen LogP contribution >= 0.6 is 11.6 Å². The van der Waals surface area contributed by atoms with Gasteiger partial charge in [-0.15, -0.1) is 0 Å². The smallest absolute Gasteiger partial charge is 0.0963 e. The third-order valence-electron chi connectivity index (χ3n) is 2.16. The van der Waals surface area contributed by atoms with Crippen molar-refractivity contribution in [2.24, 2.45) is 0 Å². The van der Waals surface area contributed by atoms with E-state index >= 15 is 0 Å². The second-order valence-electron chi connectivity index (χ2n) is 3.44. The van der Waals surface area contributed by atoms with Crippen LogP contribution in [0.2, 0.25) is 5.02 Å². The molecule has 84 valence electrons. The van der Waals surface area contributed by atoms with Crippen LogP contribution in [0.3, 0.4) is 0 Å². The fourth-order valence-electron chi connectivity index (χ4n) is 1.44. The van der Waals surface area contributed by atoms with E-state index in [4.69, 9.17) is 16.3 Å². The van der Waals surface area contributed by atoms with E-state index in [1.54, 1.807) is 0 Å². The molecule has 0 bridgehead atoms. The molecule has 1 atom stereocenters. The van der Waals surface area contributed by atoms with Gasteiger partial charge in [0.25, 0.3) is 0 Å². The molecule has 1 rings (SSSR count).